The van der Waals surface area contributed by atoms with Crippen LogP contribution in [0.25, 0.3) is 11.3 Å². The van der Waals surface area contributed by atoms with Crippen LogP contribution in [0.4, 0.5) is 18.9 Å². The average molecular weight is 449 g/mol. The van der Waals surface area contributed by atoms with Crippen LogP contribution < -0.4 is 14.8 Å². The number of rotatable bonds is 6. The number of anilines is 1. The van der Waals surface area contributed by atoms with E-state index in [1.165, 1.54) is 57.7 Å². The topological polar surface area (TPSA) is 87.0 Å². The number of carbonyl (C=O) groups excluding carboxylic acids is 2. The number of hydrogen-bond donors (Lipinski definition) is 1. The maximum absolute atomic E-state index is 13.0. The van der Waals surface area contributed by atoms with Crippen LogP contribution in [0.1, 0.15) is 26.5 Å². The zero-order valence-corrected chi connectivity index (χ0v) is 17.2. The van der Waals surface area contributed by atoms with Gasteiger partial charge in [0.1, 0.15) is 5.76 Å². The Kier molecular flexibility index (Phi) is 6.42. The fourth-order valence-electron chi connectivity index (χ4n) is 2.91. The van der Waals surface area contributed by atoms with Crippen molar-refractivity contribution in [3.05, 3.63) is 65.4 Å². The van der Waals surface area contributed by atoms with Crippen LogP contribution in [0, 0.1) is 0 Å². The number of benzene rings is 2. The summed E-state index contributed by atoms with van der Waals surface area (Å²) in [6.45, 7) is 0. The van der Waals surface area contributed by atoms with E-state index in [1.807, 2.05) is 0 Å². The Morgan fingerprint density at radius 2 is 1.62 bits per heavy atom. The zero-order chi connectivity index (χ0) is 23.5. The van der Waals surface area contributed by atoms with Gasteiger partial charge in [-0.25, -0.2) is 4.79 Å². The Morgan fingerprint density at radius 1 is 0.938 bits per heavy atom. The summed E-state index contributed by atoms with van der Waals surface area (Å²) in [6, 6.07) is 9.93. The van der Waals surface area contributed by atoms with E-state index in [0.717, 1.165) is 12.1 Å². The maximum Gasteiger partial charge on any atom is 0.416 e. The minimum atomic E-state index is -4.51. The van der Waals surface area contributed by atoms with Crippen molar-refractivity contribution in [3.8, 4) is 22.8 Å². The molecule has 3 aromatic rings. The first kappa shape index (κ1) is 22.7. The predicted octanol–water partition coefficient (Wildman–Crippen LogP) is 5.02. The smallest absolute Gasteiger partial charge is 0.416 e. The Hall–Kier alpha value is -3.95. The molecular formula is C22H18F3NO6. The summed E-state index contributed by atoms with van der Waals surface area (Å²) in [5.41, 5.74) is -0.620. The van der Waals surface area contributed by atoms with Gasteiger partial charge in [-0.15, -0.1) is 0 Å². The molecule has 0 saturated carbocycles. The van der Waals surface area contributed by atoms with E-state index in [2.05, 4.69) is 5.32 Å². The third-order valence-corrected chi connectivity index (χ3v) is 4.48. The average Bonchev–Trinajstić information content (AvgIpc) is 3.28. The number of carbonyl (C=O) groups is 2. The molecule has 10 heteroatoms. The van der Waals surface area contributed by atoms with E-state index >= 15 is 0 Å². The molecule has 168 valence electrons. The molecule has 0 unspecified atom stereocenters. The minimum absolute atomic E-state index is 0.00292. The number of halogens is 3. The van der Waals surface area contributed by atoms with Crippen molar-refractivity contribution in [1.82, 2.24) is 0 Å². The lowest BCUT2D eigenvalue weighted by atomic mass is 10.1. The second-order valence-electron chi connectivity index (χ2n) is 6.44. The fourth-order valence-corrected chi connectivity index (χ4v) is 2.91. The zero-order valence-electron chi connectivity index (χ0n) is 17.2. The first-order chi connectivity index (χ1) is 15.2. The van der Waals surface area contributed by atoms with Gasteiger partial charge in [-0.3, -0.25) is 4.79 Å². The van der Waals surface area contributed by atoms with Gasteiger partial charge in [-0.05, 0) is 24.3 Å². The Bertz CT molecular complexity index is 1150. The molecule has 0 fully saturated rings. The van der Waals surface area contributed by atoms with Gasteiger partial charge in [0.2, 0.25) is 0 Å². The summed E-state index contributed by atoms with van der Waals surface area (Å²) in [6.07, 6.45) is -4.51. The number of esters is 1. The molecule has 0 radical (unpaired) electrons. The third kappa shape index (κ3) is 4.69. The number of alkyl halides is 3. The molecule has 7 nitrogen and oxygen atoms in total. The first-order valence-electron chi connectivity index (χ1n) is 9.11. The van der Waals surface area contributed by atoms with E-state index in [0.29, 0.717) is 0 Å². The molecule has 0 aliphatic heterocycles. The summed E-state index contributed by atoms with van der Waals surface area (Å²) >= 11 is 0. The predicted molar refractivity (Wildman–Crippen MR) is 108 cm³/mol. The second-order valence-corrected chi connectivity index (χ2v) is 6.44. The van der Waals surface area contributed by atoms with E-state index in [-0.39, 0.29) is 39.8 Å². The van der Waals surface area contributed by atoms with E-state index < -0.39 is 23.6 Å². The Morgan fingerprint density at radius 3 is 2.25 bits per heavy atom. The van der Waals surface area contributed by atoms with Gasteiger partial charge in [-0.2, -0.15) is 13.2 Å². The quantitative estimate of drug-likeness (QED) is 0.532. The number of amides is 1. The lowest BCUT2D eigenvalue weighted by Crippen LogP contribution is -2.15. The largest absolute Gasteiger partial charge is 0.493 e. The van der Waals surface area contributed by atoms with Crippen LogP contribution in [0.5, 0.6) is 11.5 Å². The van der Waals surface area contributed by atoms with Crippen LogP contribution in [0.3, 0.4) is 0 Å². The van der Waals surface area contributed by atoms with Gasteiger partial charge in [0.25, 0.3) is 5.91 Å². The van der Waals surface area contributed by atoms with E-state index in [1.54, 1.807) is 0 Å². The van der Waals surface area contributed by atoms with Crippen LogP contribution >= 0.6 is 0 Å². The van der Waals surface area contributed by atoms with Crippen molar-refractivity contribution in [2.45, 2.75) is 6.18 Å². The normalized spacial score (nSPS) is 11.1. The molecule has 2 aromatic carbocycles. The van der Waals surface area contributed by atoms with Gasteiger partial charge >= 0.3 is 12.1 Å². The van der Waals surface area contributed by atoms with Gasteiger partial charge in [0.05, 0.1) is 38.1 Å². The molecule has 0 atom stereocenters. The molecule has 1 N–H and O–H groups in total. The van der Waals surface area contributed by atoms with Crippen molar-refractivity contribution in [1.29, 1.82) is 0 Å². The summed E-state index contributed by atoms with van der Waals surface area (Å²) in [7, 11) is 3.95. The number of ether oxygens (including phenoxy) is 3. The van der Waals surface area contributed by atoms with Gasteiger partial charge in [-0.1, -0.05) is 12.1 Å². The van der Waals surface area contributed by atoms with Gasteiger partial charge in [0, 0.05) is 17.7 Å². The lowest BCUT2D eigenvalue weighted by molar-refractivity contribution is -0.137. The standard InChI is InChI=1S/C22H18F3NO6/c1-29-18-10-14(21(28)31-3)15(11-19(18)30-2)26-20(27)17-8-7-16(32-17)12-5-4-6-13(9-12)22(23,24)25/h4-11H,1-3H3,(H,26,27). The second kappa shape index (κ2) is 9.04. The summed E-state index contributed by atoms with van der Waals surface area (Å²) in [5.74, 6) is -1.08. The number of methoxy groups -OCH3 is 3. The first-order valence-corrected chi connectivity index (χ1v) is 9.11. The SMILES string of the molecule is COC(=O)c1cc(OC)c(OC)cc1NC(=O)c1ccc(-c2cccc(C(F)(F)F)c2)o1. The molecule has 1 heterocycles. The number of nitrogens with one attached hydrogen (secondary N) is 1. The molecule has 0 aliphatic rings. The summed E-state index contributed by atoms with van der Waals surface area (Å²) in [5, 5.41) is 2.52. The molecule has 0 saturated heterocycles. The lowest BCUT2D eigenvalue weighted by Gasteiger charge is -2.14. The minimum Gasteiger partial charge on any atom is -0.493 e. The number of furan rings is 1. The van der Waals surface area contributed by atoms with E-state index in [9.17, 15) is 22.8 Å². The summed E-state index contributed by atoms with van der Waals surface area (Å²) < 4.78 is 59.4. The summed E-state index contributed by atoms with van der Waals surface area (Å²) in [4.78, 5) is 24.8. The van der Waals surface area contributed by atoms with Crippen LogP contribution in [0.15, 0.2) is 52.9 Å². The molecule has 32 heavy (non-hydrogen) atoms. The van der Waals surface area contributed by atoms with Crippen LogP contribution in [-0.2, 0) is 10.9 Å². The van der Waals surface area contributed by atoms with Gasteiger partial charge in [0.15, 0.2) is 17.3 Å². The van der Waals surface area contributed by atoms with Crippen LogP contribution in [0.2, 0.25) is 0 Å². The molecule has 1 aromatic heterocycles. The Labute approximate surface area is 180 Å². The monoisotopic (exact) mass is 449 g/mol. The highest BCUT2D eigenvalue weighted by atomic mass is 19.4. The van der Waals surface area contributed by atoms with E-state index in [4.69, 9.17) is 18.6 Å². The highest BCUT2D eigenvalue weighted by Crippen LogP contribution is 2.35. The van der Waals surface area contributed by atoms with Gasteiger partial charge < -0.3 is 23.9 Å². The number of hydrogen-bond acceptors (Lipinski definition) is 6. The molecule has 0 bridgehead atoms. The fraction of sp³-hybridized carbons (Fsp3) is 0.182. The molecule has 3 rings (SSSR count). The van der Waals surface area contributed by atoms with Crippen molar-refractivity contribution in [2.24, 2.45) is 0 Å². The van der Waals surface area contributed by atoms with Crippen molar-refractivity contribution < 1.29 is 41.4 Å². The highest BCUT2D eigenvalue weighted by molar-refractivity contribution is 6.07. The highest BCUT2D eigenvalue weighted by Gasteiger charge is 2.30. The third-order valence-electron chi connectivity index (χ3n) is 4.48. The van der Waals surface area contributed by atoms with Crippen LogP contribution in [-0.4, -0.2) is 33.2 Å². The van der Waals surface area contributed by atoms with Crippen molar-refractivity contribution >= 4 is 17.6 Å². The molecule has 0 aliphatic carbocycles. The molecule has 0 spiro atoms. The molecular weight excluding hydrogens is 431 g/mol. The Balaban J connectivity index is 1.91. The van der Waals surface area contributed by atoms with Crippen molar-refractivity contribution in [3.63, 3.8) is 0 Å². The molecule has 1 amide bonds. The van der Waals surface area contributed by atoms with Crippen molar-refractivity contribution in [2.75, 3.05) is 26.6 Å². The maximum atomic E-state index is 13.0.